The molecule has 1 saturated heterocycles. The van der Waals surface area contributed by atoms with E-state index in [-0.39, 0.29) is 5.91 Å². The van der Waals surface area contributed by atoms with Crippen LogP contribution in [0, 0.1) is 5.41 Å². The third-order valence-corrected chi connectivity index (χ3v) is 4.11. The SMILES string of the molecule is COc1cccc(CC2(C(=O)NCCc3nn[nH]n3)CNC2)c1. The number of rotatable bonds is 7. The molecule has 8 nitrogen and oxygen atoms in total. The number of hydrogen-bond donors (Lipinski definition) is 3. The second kappa shape index (κ2) is 6.74. The number of hydrogen-bond acceptors (Lipinski definition) is 6. The van der Waals surface area contributed by atoms with Gasteiger partial charge in [-0.15, -0.1) is 10.2 Å². The zero-order valence-electron chi connectivity index (χ0n) is 13.0. The summed E-state index contributed by atoms with van der Waals surface area (Å²) in [6, 6.07) is 7.85. The van der Waals surface area contributed by atoms with Crippen LogP contribution in [-0.4, -0.2) is 53.3 Å². The molecule has 0 spiro atoms. The van der Waals surface area contributed by atoms with E-state index in [0.717, 1.165) is 11.3 Å². The molecule has 2 heterocycles. The van der Waals surface area contributed by atoms with Gasteiger partial charge in [-0.1, -0.05) is 17.3 Å². The fourth-order valence-electron chi connectivity index (χ4n) is 2.73. The molecule has 0 radical (unpaired) electrons. The molecule has 1 aliphatic rings. The van der Waals surface area contributed by atoms with Crippen molar-refractivity contribution in [3.05, 3.63) is 35.7 Å². The van der Waals surface area contributed by atoms with Gasteiger partial charge in [-0.3, -0.25) is 4.79 Å². The molecule has 0 saturated carbocycles. The highest BCUT2D eigenvalue weighted by Crippen LogP contribution is 2.29. The van der Waals surface area contributed by atoms with E-state index in [1.54, 1.807) is 7.11 Å². The first-order valence-electron chi connectivity index (χ1n) is 7.56. The lowest BCUT2D eigenvalue weighted by Gasteiger charge is -2.41. The molecule has 1 amide bonds. The van der Waals surface area contributed by atoms with Gasteiger partial charge in [-0.25, -0.2) is 0 Å². The maximum absolute atomic E-state index is 12.6. The molecule has 0 aliphatic carbocycles. The smallest absolute Gasteiger partial charge is 0.229 e. The number of ether oxygens (including phenoxy) is 1. The lowest BCUT2D eigenvalue weighted by molar-refractivity contribution is -0.133. The second-order valence-electron chi connectivity index (χ2n) is 5.75. The molecule has 0 atom stereocenters. The summed E-state index contributed by atoms with van der Waals surface area (Å²) in [5.74, 6) is 1.46. The Balaban J connectivity index is 1.59. The Bertz CT molecular complexity index is 654. The van der Waals surface area contributed by atoms with Crippen molar-refractivity contribution in [2.24, 2.45) is 5.41 Å². The van der Waals surface area contributed by atoms with Gasteiger partial charge in [0.1, 0.15) is 5.75 Å². The Hall–Kier alpha value is -2.48. The number of tetrazole rings is 1. The highest BCUT2D eigenvalue weighted by atomic mass is 16.5. The largest absolute Gasteiger partial charge is 0.497 e. The van der Waals surface area contributed by atoms with Crippen LogP contribution >= 0.6 is 0 Å². The van der Waals surface area contributed by atoms with Crippen LogP contribution in [0.2, 0.25) is 0 Å². The first-order valence-corrected chi connectivity index (χ1v) is 7.56. The Labute approximate surface area is 134 Å². The summed E-state index contributed by atoms with van der Waals surface area (Å²) in [5, 5.41) is 19.8. The van der Waals surface area contributed by atoms with E-state index in [9.17, 15) is 4.79 Å². The fourth-order valence-corrected chi connectivity index (χ4v) is 2.73. The third kappa shape index (κ3) is 3.48. The maximum Gasteiger partial charge on any atom is 0.229 e. The summed E-state index contributed by atoms with van der Waals surface area (Å²) < 4.78 is 5.25. The Kier molecular flexibility index (Phi) is 4.52. The van der Waals surface area contributed by atoms with Crippen LogP contribution in [0.5, 0.6) is 5.75 Å². The summed E-state index contributed by atoms with van der Waals surface area (Å²) >= 11 is 0. The number of aromatic amines is 1. The minimum absolute atomic E-state index is 0.0579. The van der Waals surface area contributed by atoms with Gasteiger partial charge in [0.25, 0.3) is 0 Å². The molecule has 3 rings (SSSR count). The van der Waals surface area contributed by atoms with E-state index in [1.165, 1.54) is 0 Å². The van der Waals surface area contributed by atoms with Crippen LogP contribution in [0.15, 0.2) is 24.3 Å². The molecule has 1 aliphatic heterocycles. The maximum atomic E-state index is 12.6. The molecule has 23 heavy (non-hydrogen) atoms. The predicted octanol–water partition coefficient (Wildman–Crippen LogP) is -0.301. The van der Waals surface area contributed by atoms with Gasteiger partial charge in [0.05, 0.1) is 12.5 Å². The van der Waals surface area contributed by atoms with Crippen molar-refractivity contribution in [1.29, 1.82) is 0 Å². The van der Waals surface area contributed by atoms with E-state index in [2.05, 4.69) is 31.3 Å². The molecule has 3 N–H and O–H groups in total. The summed E-state index contributed by atoms with van der Waals surface area (Å²) in [7, 11) is 1.64. The van der Waals surface area contributed by atoms with Gasteiger partial charge in [-0.05, 0) is 24.1 Å². The minimum Gasteiger partial charge on any atom is -0.497 e. The number of H-pyrrole nitrogens is 1. The summed E-state index contributed by atoms with van der Waals surface area (Å²) in [4.78, 5) is 12.6. The molecular weight excluding hydrogens is 296 g/mol. The predicted molar refractivity (Wildman–Crippen MR) is 82.9 cm³/mol. The number of amides is 1. The molecule has 8 heteroatoms. The second-order valence-corrected chi connectivity index (χ2v) is 5.75. The Morgan fingerprint density at radius 2 is 2.30 bits per heavy atom. The number of aromatic nitrogens is 4. The molecule has 1 aromatic carbocycles. The normalized spacial score (nSPS) is 15.7. The van der Waals surface area contributed by atoms with Crippen molar-refractivity contribution >= 4 is 5.91 Å². The van der Waals surface area contributed by atoms with Gasteiger partial charge in [-0.2, -0.15) is 5.21 Å². The average Bonchev–Trinajstić information content (AvgIpc) is 3.04. The van der Waals surface area contributed by atoms with Crippen molar-refractivity contribution in [2.45, 2.75) is 12.8 Å². The van der Waals surface area contributed by atoms with E-state index >= 15 is 0 Å². The Morgan fingerprint density at radius 3 is 2.96 bits per heavy atom. The highest BCUT2D eigenvalue weighted by Gasteiger charge is 2.44. The molecule has 0 unspecified atom stereocenters. The first-order chi connectivity index (χ1) is 11.2. The van der Waals surface area contributed by atoms with Crippen molar-refractivity contribution in [1.82, 2.24) is 31.3 Å². The zero-order valence-corrected chi connectivity index (χ0v) is 13.0. The van der Waals surface area contributed by atoms with Gasteiger partial charge < -0.3 is 15.4 Å². The Morgan fingerprint density at radius 1 is 1.43 bits per heavy atom. The molecule has 1 fully saturated rings. The highest BCUT2D eigenvalue weighted by molar-refractivity contribution is 5.84. The number of carbonyl (C=O) groups excluding carboxylic acids is 1. The number of nitrogens with one attached hydrogen (secondary N) is 3. The van der Waals surface area contributed by atoms with Gasteiger partial charge in [0.15, 0.2) is 5.82 Å². The lowest BCUT2D eigenvalue weighted by atomic mass is 9.75. The summed E-state index contributed by atoms with van der Waals surface area (Å²) in [5.41, 5.74) is 0.697. The van der Waals surface area contributed by atoms with E-state index < -0.39 is 5.41 Å². The number of carbonyl (C=O) groups is 1. The zero-order chi connectivity index (χ0) is 16.1. The minimum atomic E-state index is -0.399. The van der Waals surface area contributed by atoms with Crippen molar-refractivity contribution in [3.63, 3.8) is 0 Å². The van der Waals surface area contributed by atoms with Crippen molar-refractivity contribution < 1.29 is 9.53 Å². The van der Waals surface area contributed by atoms with Crippen LogP contribution in [0.4, 0.5) is 0 Å². The molecule has 122 valence electrons. The van der Waals surface area contributed by atoms with Crippen LogP contribution in [-0.2, 0) is 17.6 Å². The third-order valence-electron chi connectivity index (χ3n) is 4.11. The molecule has 0 bridgehead atoms. The van der Waals surface area contributed by atoms with Crippen molar-refractivity contribution in [2.75, 3.05) is 26.7 Å². The van der Waals surface area contributed by atoms with Crippen LogP contribution < -0.4 is 15.4 Å². The molecule has 2 aromatic rings. The number of nitrogens with zero attached hydrogens (tertiary/aromatic N) is 3. The lowest BCUT2D eigenvalue weighted by Crippen LogP contribution is -2.62. The van der Waals surface area contributed by atoms with Crippen LogP contribution in [0.1, 0.15) is 11.4 Å². The number of methoxy groups -OCH3 is 1. The summed E-state index contributed by atoms with van der Waals surface area (Å²) in [6.45, 7) is 1.86. The van der Waals surface area contributed by atoms with Gasteiger partial charge >= 0.3 is 0 Å². The van der Waals surface area contributed by atoms with Crippen LogP contribution in [0.25, 0.3) is 0 Å². The van der Waals surface area contributed by atoms with Crippen LogP contribution in [0.3, 0.4) is 0 Å². The quantitative estimate of drug-likeness (QED) is 0.648. The summed E-state index contributed by atoms with van der Waals surface area (Å²) in [6.07, 6.45) is 1.25. The van der Waals surface area contributed by atoms with E-state index in [4.69, 9.17) is 4.74 Å². The first kappa shape index (κ1) is 15.4. The van der Waals surface area contributed by atoms with E-state index in [1.807, 2.05) is 24.3 Å². The monoisotopic (exact) mass is 316 g/mol. The average molecular weight is 316 g/mol. The van der Waals surface area contributed by atoms with E-state index in [0.29, 0.717) is 38.3 Å². The topological polar surface area (TPSA) is 105 Å². The fraction of sp³-hybridized carbons (Fsp3) is 0.467. The standard InChI is InChI=1S/C15H20N6O2/c1-23-12-4-2-3-11(7-12)8-15(9-16-10-15)14(22)17-6-5-13-18-20-21-19-13/h2-4,7,16H,5-6,8-10H2,1H3,(H,17,22)(H,18,19,20,21). The van der Waals surface area contributed by atoms with Gasteiger partial charge in [0, 0.05) is 26.1 Å². The van der Waals surface area contributed by atoms with Gasteiger partial charge in [0.2, 0.25) is 5.91 Å². The molecule has 1 aromatic heterocycles. The molecular formula is C15H20N6O2. The van der Waals surface area contributed by atoms with Crippen molar-refractivity contribution in [3.8, 4) is 5.75 Å². The number of benzene rings is 1.